The van der Waals surface area contributed by atoms with Crippen molar-refractivity contribution in [2.45, 2.75) is 78.9 Å². The van der Waals surface area contributed by atoms with Crippen molar-refractivity contribution in [3.05, 3.63) is 47.1 Å². The second-order valence-corrected chi connectivity index (χ2v) is 11.6. The molecule has 2 bridgehead atoms. The predicted octanol–water partition coefficient (Wildman–Crippen LogP) is 5.38. The summed E-state index contributed by atoms with van der Waals surface area (Å²) in [6.07, 6.45) is 8.78. The zero-order valence-corrected chi connectivity index (χ0v) is 24.2. The molecule has 1 aliphatic heterocycles. The maximum absolute atomic E-state index is 13.0. The highest BCUT2D eigenvalue weighted by atomic mass is 16.6. The number of hydrogen-bond acceptors (Lipinski definition) is 7. The van der Waals surface area contributed by atoms with Crippen molar-refractivity contribution in [1.82, 2.24) is 0 Å². The van der Waals surface area contributed by atoms with Gasteiger partial charge in [0, 0.05) is 35.6 Å². The molecule has 5 unspecified atom stereocenters. The molecule has 1 heterocycles. The molecule has 2 aliphatic rings. The molecule has 0 spiro atoms. The number of aliphatic hydroxyl groups is 1. The van der Waals surface area contributed by atoms with Crippen LogP contribution in [0.15, 0.2) is 41.5 Å². The highest BCUT2D eigenvalue weighted by Gasteiger charge is 2.26. The summed E-state index contributed by atoms with van der Waals surface area (Å²) < 4.78 is 5.40. The van der Waals surface area contributed by atoms with Crippen LogP contribution in [0.1, 0.15) is 65.9 Å². The monoisotopic (exact) mass is 555 g/mol. The van der Waals surface area contributed by atoms with E-state index in [0.29, 0.717) is 48.5 Å². The number of allylic oxidation sites excluding steroid dienone is 2. The van der Waals surface area contributed by atoms with Crippen molar-refractivity contribution in [3.63, 3.8) is 0 Å². The highest BCUT2D eigenvalue weighted by Crippen LogP contribution is 2.43. The standard InChI is InChI=1S/C31H45N3O6/c1-17-9-12-25(35)20(4)14-21(5)29(40-31(32)39)18(2)7-6-8-19(3)30(38)34-24-15-26(36)27(23(13-17)28(24)37)33-16-22-10-11-22/h6-8,14-15,17-18,20,22,25,29,33,35-37H,9-13,16H2,1-5H3,(H2,32,39)(H,34,38). The molecule has 220 valence electrons. The van der Waals surface area contributed by atoms with Gasteiger partial charge in [0.05, 0.1) is 17.5 Å². The van der Waals surface area contributed by atoms with Gasteiger partial charge in [-0.05, 0) is 63.4 Å². The molecular weight excluding hydrogens is 510 g/mol. The van der Waals surface area contributed by atoms with E-state index in [1.807, 2.05) is 33.8 Å². The Labute approximate surface area is 237 Å². The quantitative estimate of drug-likeness (QED) is 0.166. The minimum Gasteiger partial charge on any atom is -0.506 e. The van der Waals surface area contributed by atoms with Gasteiger partial charge >= 0.3 is 6.09 Å². The number of nitrogens with one attached hydrogen (secondary N) is 2. The van der Waals surface area contributed by atoms with E-state index in [9.17, 15) is 24.9 Å². The van der Waals surface area contributed by atoms with Gasteiger partial charge in [-0.25, -0.2) is 4.79 Å². The number of carbonyl (C=O) groups is 2. The second kappa shape index (κ2) is 13.7. The largest absolute Gasteiger partial charge is 0.506 e. The summed E-state index contributed by atoms with van der Waals surface area (Å²) in [4.78, 5) is 24.6. The average Bonchev–Trinajstić information content (AvgIpc) is 3.71. The van der Waals surface area contributed by atoms with E-state index < -0.39 is 24.2 Å². The first-order valence-corrected chi connectivity index (χ1v) is 14.2. The third-order valence-electron chi connectivity index (χ3n) is 7.82. The first-order chi connectivity index (χ1) is 18.9. The van der Waals surface area contributed by atoms with Gasteiger partial charge in [-0.2, -0.15) is 0 Å². The normalized spacial score (nSPS) is 26.9. The number of rotatable bonds is 4. The highest BCUT2D eigenvalue weighted by molar-refractivity contribution is 6.04. The van der Waals surface area contributed by atoms with Gasteiger partial charge in [0.15, 0.2) is 0 Å². The third kappa shape index (κ3) is 8.52. The lowest BCUT2D eigenvalue weighted by atomic mass is 9.89. The first-order valence-electron chi connectivity index (χ1n) is 14.2. The first kappa shape index (κ1) is 31.1. The molecule has 1 aliphatic carbocycles. The van der Waals surface area contributed by atoms with Crippen LogP contribution in [-0.2, 0) is 16.0 Å². The van der Waals surface area contributed by atoms with Crippen LogP contribution in [0.4, 0.5) is 16.2 Å². The molecule has 3 rings (SSSR count). The van der Waals surface area contributed by atoms with E-state index in [4.69, 9.17) is 10.5 Å². The van der Waals surface area contributed by atoms with Crippen molar-refractivity contribution >= 4 is 23.4 Å². The van der Waals surface area contributed by atoms with Crippen molar-refractivity contribution in [2.75, 3.05) is 17.2 Å². The van der Waals surface area contributed by atoms with Gasteiger partial charge in [0.2, 0.25) is 0 Å². The molecule has 7 N–H and O–H groups in total. The molecule has 1 saturated carbocycles. The van der Waals surface area contributed by atoms with E-state index in [1.54, 1.807) is 25.2 Å². The summed E-state index contributed by atoms with van der Waals surface area (Å²) in [6.45, 7) is 10.0. The summed E-state index contributed by atoms with van der Waals surface area (Å²) >= 11 is 0. The summed E-state index contributed by atoms with van der Waals surface area (Å²) in [5.74, 6) is -0.397. The van der Waals surface area contributed by atoms with Crippen LogP contribution in [0.2, 0.25) is 0 Å². The molecule has 9 nitrogen and oxygen atoms in total. The Morgan fingerprint density at radius 1 is 1.12 bits per heavy atom. The zero-order chi connectivity index (χ0) is 29.6. The molecular formula is C31H45N3O6. The summed E-state index contributed by atoms with van der Waals surface area (Å²) in [6, 6.07) is 1.37. The Morgan fingerprint density at radius 2 is 1.82 bits per heavy atom. The lowest BCUT2D eigenvalue weighted by Gasteiger charge is -2.25. The van der Waals surface area contributed by atoms with Crippen molar-refractivity contribution in [1.29, 1.82) is 0 Å². The van der Waals surface area contributed by atoms with Crippen LogP contribution in [0.3, 0.4) is 0 Å². The molecule has 0 radical (unpaired) electrons. The Balaban J connectivity index is 1.99. The van der Waals surface area contributed by atoms with Crippen LogP contribution in [-0.4, -0.2) is 46.1 Å². The molecule has 1 aromatic carbocycles. The molecule has 2 amide bonds. The van der Waals surface area contributed by atoms with Crippen molar-refractivity contribution < 1.29 is 29.6 Å². The summed E-state index contributed by atoms with van der Waals surface area (Å²) in [5, 5.41) is 39.1. The Bertz CT molecular complexity index is 1170. The van der Waals surface area contributed by atoms with Gasteiger partial charge in [0.25, 0.3) is 5.91 Å². The zero-order valence-electron chi connectivity index (χ0n) is 24.2. The number of ether oxygens (including phenoxy) is 1. The van der Waals surface area contributed by atoms with E-state index >= 15 is 0 Å². The smallest absolute Gasteiger partial charge is 0.405 e. The number of phenols is 2. The number of aliphatic hydroxyl groups excluding tert-OH is 1. The number of phenolic OH excluding ortho intramolecular Hbond substituents is 2. The number of primary amides is 1. The van der Waals surface area contributed by atoms with Crippen molar-refractivity contribution in [3.8, 4) is 11.5 Å². The van der Waals surface area contributed by atoms with E-state index in [2.05, 4.69) is 10.6 Å². The lowest BCUT2D eigenvalue weighted by Crippen LogP contribution is -2.29. The number of fused-ring (bicyclic) bond motifs is 2. The molecule has 9 heteroatoms. The number of amides is 2. The SMILES string of the molecule is CC1=CC=CC(C)C(OC(N)=O)C(C)=CC(C)C(O)CCC(C)Cc2c(O)c(cc(O)c2NCC2CC2)NC1=O. The number of carbonyl (C=O) groups excluding carboxylic acids is 2. The van der Waals surface area contributed by atoms with E-state index in [-0.39, 0.29) is 34.9 Å². The van der Waals surface area contributed by atoms with Crippen LogP contribution < -0.4 is 16.4 Å². The minimum atomic E-state index is -0.889. The fourth-order valence-electron chi connectivity index (χ4n) is 5.07. The maximum Gasteiger partial charge on any atom is 0.405 e. The van der Waals surface area contributed by atoms with Crippen LogP contribution in [0.25, 0.3) is 0 Å². The Morgan fingerprint density at radius 3 is 2.48 bits per heavy atom. The lowest BCUT2D eigenvalue weighted by molar-refractivity contribution is -0.112. The fraction of sp³-hybridized carbons (Fsp3) is 0.548. The number of anilines is 2. The molecule has 40 heavy (non-hydrogen) atoms. The van der Waals surface area contributed by atoms with Crippen LogP contribution in [0, 0.1) is 23.7 Å². The summed E-state index contributed by atoms with van der Waals surface area (Å²) in [7, 11) is 0. The minimum absolute atomic E-state index is 0.0352. The van der Waals surface area contributed by atoms with E-state index in [0.717, 1.165) is 18.4 Å². The Kier molecular flexibility index (Phi) is 10.7. The van der Waals surface area contributed by atoms with Gasteiger partial charge in [0.1, 0.15) is 17.6 Å². The number of hydrogen-bond donors (Lipinski definition) is 6. The Hall–Kier alpha value is -3.46. The maximum atomic E-state index is 13.0. The number of nitrogens with two attached hydrogens (primary N) is 1. The van der Waals surface area contributed by atoms with Crippen LogP contribution >= 0.6 is 0 Å². The molecule has 5 atom stereocenters. The van der Waals surface area contributed by atoms with Crippen LogP contribution in [0.5, 0.6) is 11.5 Å². The topological polar surface area (TPSA) is 154 Å². The summed E-state index contributed by atoms with van der Waals surface area (Å²) in [5.41, 5.74) is 7.65. The predicted molar refractivity (Wildman–Crippen MR) is 157 cm³/mol. The fourth-order valence-corrected chi connectivity index (χ4v) is 5.07. The average molecular weight is 556 g/mol. The molecule has 1 fully saturated rings. The second-order valence-electron chi connectivity index (χ2n) is 11.6. The molecule has 0 saturated heterocycles. The van der Waals surface area contributed by atoms with Crippen molar-refractivity contribution in [2.24, 2.45) is 29.4 Å². The van der Waals surface area contributed by atoms with Gasteiger partial charge in [-0.15, -0.1) is 0 Å². The van der Waals surface area contributed by atoms with E-state index in [1.165, 1.54) is 6.07 Å². The number of aromatic hydroxyl groups is 2. The van der Waals surface area contributed by atoms with Gasteiger partial charge < -0.3 is 36.4 Å². The van der Waals surface area contributed by atoms with Gasteiger partial charge in [-0.1, -0.05) is 45.1 Å². The third-order valence-corrected chi connectivity index (χ3v) is 7.82. The number of benzene rings is 1. The van der Waals surface area contributed by atoms with Gasteiger partial charge in [-0.3, -0.25) is 4.79 Å². The molecule has 1 aromatic rings. The molecule has 0 aromatic heterocycles.